The minimum absolute atomic E-state index is 0.0828. The maximum Gasteiger partial charge on any atom is 0.374 e. The monoisotopic (exact) mass is 202 g/mol. The van der Waals surface area contributed by atoms with Crippen LogP contribution in [0.15, 0.2) is 18.3 Å². The van der Waals surface area contributed by atoms with Crippen LogP contribution < -0.4 is 0 Å². The van der Waals surface area contributed by atoms with Crippen molar-refractivity contribution in [2.45, 2.75) is 0 Å². The summed E-state index contributed by atoms with van der Waals surface area (Å²) < 4.78 is 3.84. The molecule has 0 saturated carbocycles. The number of halogens is 1. The van der Waals surface area contributed by atoms with Crippen LogP contribution >= 0.6 is 11.9 Å². The molecule has 7 heteroatoms. The number of carbonyl (C=O) groups excluding carboxylic acids is 1. The Morgan fingerprint density at radius 3 is 2.69 bits per heavy atom. The molecule has 0 atom stereocenters. The first-order valence-corrected chi connectivity index (χ1v) is 3.39. The van der Waals surface area contributed by atoms with E-state index in [-0.39, 0.29) is 11.4 Å². The number of nitro groups is 1. The minimum Gasteiger partial charge on any atom is -0.342 e. The zero-order valence-electron chi connectivity index (χ0n) is 6.14. The second kappa shape index (κ2) is 3.81. The predicted molar refractivity (Wildman–Crippen MR) is 42.2 cm³/mol. The van der Waals surface area contributed by atoms with Crippen molar-refractivity contribution in [1.82, 2.24) is 4.98 Å². The number of hydrogen-bond donors (Lipinski definition) is 0. The molecule has 0 aliphatic rings. The SMILES string of the molecule is O=C(OCl)c1ccc([N+](=O)[O-])cn1. The second-order valence-corrected chi connectivity index (χ2v) is 2.18. The third-order valence-electron chi connectivity index (χ3n) is 1.24. The molecule has 0 bridgehead atoms. The van der Waals surface area contributed by atoms with Crippen molar-refractivity contribution in [2.24, 2.45) is 0 Å². The molecular weight excluding hydrogens is 200 g/mol. The fourth-order valence-electron chi connectivity index (χ4n) is 0.654. The zero-order valence-corrected chi connectivity index (χ0v) is 6.89. The minimum atomic E-state index is -0.850. The number of carbonyl (C=O) groups is 1. The van der Waals surface area contributed by atoms with Crippen molar-refractivity contribution >= 4 is 23.5 Å². The maximum absolute atomic E-state index is 10.7. The van der Waals surface area contributed by atoms with Crippen LogP contribution in [0.3, 0.4) is 0 Å². The summed E-state index contributed by atoms with van der Waals surface area (Å²) in [6.45, 7) is 0. The van der Waals surface area contributed by atoms with E-state index >= 15 is 0 Å². The molecule has 0 N–H and O–H groups in total. The van der Waals surface area contributed by atoms with E-state index < -0.39 is 10.9 Å². The van der Waals surface area contributed by atoms with Gasteiger partial charge in [0.25, 0.3) is 5.69 Å². The van der Waals surface area contributed by atoms with Crippen LogP contribution in [-0.4, -0.2) is 15.9 Å². The van der Waals surface area contributed by atoms with Gasteiger partial charge in [0.15, 0.2) is 0 Å². The fourth-order valence-corrected chi connectivity index (χ4v) is 0.733. The predicted octanol–water partition coefficient (Wildman–Crippen LogP) is 1.30. The lowest BCUT2D eigenvalue weighted by atomic mass is 10.3. The highest BCUT2D eigenvalue weighted by Crippen LogP contribution is 2.09. The molecule has 0 saturated heterocycles. The summed E-state index contributed by atoms with van der Waals surface area (Å²) in [6.07, 6.45) is 0.948. The van der Waals surface area contributed by atoms with Gasteiger partial charge in [0.05, 0.1) is 4.92 Å². The first-order chi connectivity index (χ1) is 6.15. The Labute approximate surface area is 77.4 Å². The maximum atomic E-state index is 10.7. The van der Waals surface area contributed by atoms with Gasteiger partial charge in [0, 0.05) is 6.07 Å². The molecule has 68 valence electrons. The fraction of sp³-hybridized carbons (Fsp3) is 0. The van der Waals surface area contributed by atoms with E-state index in [1.807, 2.05) is 0 Å². The average molecular weight is 203 g/mol. The van der Waals surface area contributed by atoms with Crippen LogP contribution in [0.4, 0.5) is 5.69 Å². The highest BCUT2D eigenvalue weighted by atomic mass is 35.5. The van der Waals surface area contributed by atoms with Gasteiger partial charge in [-0.25, -0.2) is 9.78 Å². The third-order valence-corrected chi connectivity index (χ3v) is 1.38. The molecule has 0 unspecified atom stereocenters. The van der Waals surface area contributed by atoms with E-state index in [0.29, 0.717) is 0 Å². The number of rotatable bonds is 2. The normalized spacial score (nSPS) is 9.31. The van der Waals surface area contributed by atoms with Crippen LogP contribution in [0, 0.1) is 10.1 Å². The van der Waals surface area contributed by atoms with E-state index in [9.17, 15) is 14.9 Å². The number of nitrogens with zero attached hydrogens (tertiary/aromatic N) is 2. The van der Waals surface area contributed by atoms with E-state index in [1.165, 1.54) is 0 Å². The van der Waals surface area contributed by atoms with E-state index in [2.05, 4.69) is 9.27 Å². The summed E-state index contributed by atoms with van der Waals surface area (Å²) in [5.74, 6) is -0.850. The smallest absolute Gasteiger partial charge is 0.342 e. The second-order valence-electron chi connectivity index (χ2n) is 2.02. The van der Waals surface area contributed by atoms with Gasteiger partial charge in [0.1, 0.15) is 23.8 Å². The van der Waals surface area contributed by atoms with Crippen LogP contribution in [0.5, 0.6) is 0 Å². The standard InChI is InChI=1S/C6H3ClN2O4/c7-13-6(10)5-2-1-4(3-8-5)9(11)12/h1-3H. The van der Waals surface area contributed by atoms with Gasteiger partial charge < -0.3 is 4.29 Å². The van der Waals surface area contributed by atoms with E-state index in [1.54, 1.807) is 0 Å². The molecule has 0 amide bonds. The van der Waals surface area contributed by atoms with E-state index in [0.717, 1.165) is 18.3 Å². The summed E-state index contributed by atoms with van der Waals surface area (Å²) in [4.78, 5) is 23.7. The largest absolute Gasteiger partial charge is 0.374 e. The molecule has 6 nitrogen and oxygen atoms in total. The first-order valence-electron chi connectivity index (χ1n) is 3.08. The van der Waals surface area contributed by atoms with Crippen molar-refractivity contribution in [3.05, 3.63) is 34.1 Å². The summed E-state index contributed by atoms with van der Waals surface area (Å²) in [7, 11) is 0. The molecule has 0 spiro atoms. The van der Waals surface area contributed by atoms with Gasteiger partial charge in [-0.1, -0.05) is 0 Å². The van der Waals surface area contributed by atoms with Gasteiger partial charge >= 0.3 is 5.97 Å². The van der Waals surface area contributed by atoms with Crippen LogP contribution in [0.25, 0.3) is 0 Å². The van der Waals surface area contributed by atoms with E-state index in [4.69, 9.17) is 11.9 Å². The van der Waals surface area contributed by atoms with Gasteiger partial charge in [-0.3, -0.25) is 10.1 Å². The Morgan fingerprint density at radius 2 is 2.31 bits per heavy atom. The molecule has 0 radical (unpaired) electrons. The lowest BCUT2D eigenvalue weighted by Gasteiger charge is -1.93. The topological polar surface area (TPSA) is 82.3 Å². The molecule has 1 heterocycles. The van der Waals surface area contributed by atoms with Crippen LogP contribution in [-0.2, 0) is 4.29 Å². The Balaban J connectivity index is 2.93. The van der Waals surface area contributed by atoms with Crippen LogP contribution in [0.2, 0.25) is 0 Å². The Kier molecular flexibility index (Phi) is 2.76. The van der Waals surface area contributed by atoms with Gasteiger partial charge in [-0.15, -0.1) is 0 Å². The zero-order chi connectivity index (χ0) is 9.84. The highest BCUT2D eigenvalue weighted by Gasteiger charge is 2.11. The molecular formula is C6H3ClN2O4. The molecule has 0 fully saturated rings. The van der Waals surface area contributed by atoms with Gasteiger partial charge in [0.2, 0.25) is 0 Å². The lowest BCUT2D eigenvalue weighted by molar-refractivity contribution is -0.385. The summed E-state index contributed by atoms with van der Waals surface area (Å²) >= 11 is 4.77. The van der Waals surface area contributed by atoms with Gasteiger partial charge in [-0.05, 0) is 6.07 Å². The first kappa shape index (κ1) is 9.40. The molecule has 13 heavy (non-hydrogen) atoms. The van der Waals surface area contributed by atoms with Crippen molar-refractivity contribution in [3.8, 4) is 0 Å². The van der Waals surface area contributed by atoms with Crippen LogP contribution in [0.1, 0.15) is 10.5 Å². The third kappa shape index (κ3) is 2.12. The molecule has 0 aliphatic heterocycles. The van der Waals surface area contributed by atoms with Crippen molar-refractivity contribution in [1.29, 1.82) is 0 Å². The number of aromatic nitrogens is 1. The number of pyridine rings is 1. The number of hydrogen-bond acceptors (Lipinski definition) is 5. The molecule has 0 aromatic carbocycles. The quantitative estimate of drug-likeness (QED) is 0.533. The Bertz CT molecular complexity index is 337. The van der Waals surface area contributed by atoms with Crippen molar-refractivity contribution in [2.75, 3.05) is 0 Å². The molecule has 1 aromatic rings. The average Bonchev–Trinajstić information content (AvgIpc) is 2.17. The molecule has 1 rings (SSSR count). The summed E-state index contributed by atoms with van der Waals surface area (Å²) in [5.41, 5.74) is -0.285. The summed E-state index contributed by atoms with van der Waals surface area (Å²) in [6, 6.07) is 2.29. The molecule has 1 aromatic heterocycles. The Morgan fingerprint density at radius 1 is 1.62 bits per heavy atom. The summed E-state index contributed by atoms with van der Waals surface area (Å²) in [5, 5.41) is 10.2. The lowest BCUT2D eigenvalue weighted by Crippen LogP contribution is -2.01. The molecule has 0 aliphatic carbocycles. The Hall–Kier alpha value is -1.69. The van der Waals surface area contributed by atoms with Gasteiger partial charge in [-0.2, -0.15) is 0 Å². The van der Waals surface area contributed by atoms with Crippen molar-refractivity contribution < 1.29 is 14.0 Å². The van der Waals surface area contributed by atoms with Crippen molar-refractivity contribution in [3.63, 3.8) is 0 Å². The highest BCUT2D eigenvalue weighted by molar-refractivity contribution is 6.15.